The van der Waals surface area contributed by atoms with Gasteiger partial charge >= 0.3 is 5.97 Å². The Hall–Kier alpha value is -2.10. The zero-order valence-electron chi connectivity index (χ0n) is 12.2. The molecule has 4 nitrogen and oxygen atoms in total. The number of carbonyl (C=O) groups is 2. The molecular weight excluding hydrogens is 266 g/mol. The lowest BCUT2D eigenvalue weighted by Gasteiger charge is -2.43. The van der Waals surface area contributed by atoms with E-state index in [0.29, 0.717) is 18.4 Å². The maximum atomic E-state index is 12.9. The summed E-state index contributed by atoms with van der Waals surface area (Å²) in [5.41, 5.74) is 0.830. The molecule has 0 unspecified atom stereocenters. The van der Waals surface area contributed by atoms with Gasteiger partial charge in [0.05, 0.1) is 13.2 Å². The van der Waals surface area contributed by atoms with Crippen molar-refractivity contribution in [2.24, 2.45) is 0 Å². The molecule has 3 rings (SSSR count). The molecule has 4 heteroatoms. The molecule has 1 amide bonds. The van der Waals surface area contributed by atoms with Crippen molar-refractivity contribution in [2.75, 3.05) is 7.11 Å². The second kappa shape index (κ2) is 5.02. The van der Waals surface area contributed by atoms with Gasteiger partial charge in [0.15, 0.2) is 0 Å². The van der Waals surface area contributed by atoms with Crippen molar-refractivity contribution >= 4 is 11.9 Å². The van der Waals surface area contributed by atoms with Gasteiger partial charge in [-0.05, 0) is 37.8 Å². The molecule has 2 fully saturated rings. The minimum Gasteiger partial charge on any atom is -0.467 e. The minimum atomic E-state index is -0.812. The Labute approximate surface area is 124 Å². The van der Waals surface area contributed by atoms with Crippen molar-refractivity contribution in [3.63, 3.8) is 0 Å². The van der Waals surface area contributed by atoms with Crippen LogP contribution in [0, 0.1) is 0 Å². The first-order valence-corrected chi connectivity index (χ1v) is 7.25. The van der Waals surface area contributed by atoms with Crippen LogP contribution in [-0.4, -0.2) is 35.5 Å². The summed E-state index contributed by atoms with van der Waals surface area (Å²) in [6.07, 6.45) is 2.82. The second-order valence-corrected chi connectivity index (χ2v) is 5.78. The highest BCUT2D eigenvalue weighted by Crippen LogP contribution is 2.47. The smallest absolute Gasteiger partial charge is 0.331 e. The summed E-state index contributed by atoms with van der Waals surface area (Å²) in [5, 5.41) is 0. The number of carbonyl (C=O) groups excluding carboxylic acids is 2. The van der Waals surface area contributed by atoms with Crippen LogP contribution in [0.1, 0.15) is 36.0 Å². The third kappa shape index (κ3) is 1.97. The molecule has 0 radical (unpaired) electrons. The van der Waals surface area contributed by atoms with Crippen LogP contribution in [0.15, 0.2) is 42.5 Å². The maximum absolute atomic E-state index is 12.9. The summed E-state index contributed by atoms with van der Waals surface area (Å²) in [5.74, 6) is -0.411. The highest BCUT2D eigenvalue weighted by atomic mass is 16.5. The van der Waals surface area contributed by atoms with E-state index in [1.807, 2.05) is 18.2 Å². The molecule has 2 heterocycles. The largest absolute Gasteiger partial charge is 0.467 e. The van der Waals surface area contributed by atoms with Gasteiger partial charge in [-0.25, -0.2) is 4.79 Å². The van der Waals surface area contributed by atoms with E-state index in [1.54, 1.807) is 17.0 Å². The third-order valence-corrected chi connectivity index (χ3v) is 4.74. The number of fused-ring (bicyclic) bond motifs is 2. The van der Waals surface area contributed by atoms with Crippen molar-refractivity contribution in [1.82, 2.24) is 4.90 Å². The van der Waals surface area contributed by atoms with Gasteiger partial charge in [0.2, 0.25) is 0 Å². The first kappa shape index (κ1) is 13.9. The molecular formula is C17H19NO3. The maximum Gasteiger partial charge on any atom is 0.331 e. The molecule has 2 atom stereocenters. The van der Waals surface area contributed by atoms with Crippen molar-refractivity contribution in [1.29, 1.82) is 0 Å². The zero-order chi connectivity index (χ0) is 15.0. The highest BCUT2D eigenvalue weighted by Gasteiger charge is 2.57. The van der Waals surface area contributed by atoms with E-state index in [1.165, 1.54) is 7.11 Å². The van der Waals surface area contributed by atoms with Crippen LogP contribution in [0.5, 0.6) is 0 Å². The average Bonchev–Trinajstić information content (AvgIpc) is 2.84. The van der Waals surface area contributed by atoms with Gasteiger partial charge < -0.3 is 9.64 Å². The Bertz CT molecular complexity index is 595. The van der Waals surface area contributed by atoms with E-state index in [-0.39, 0.29) is 17.9 Å². The monoisotopic (exact) mass is 285 g/mol. The fourth-order valence-corrected chi connectivity index (χ4v) is 3.64. The number of nitrogens with zero attached hydrogens (tertiary/aromatic N) is 1. The molecule has 1 aromatic carbocycles. The number of rotatable bonds is 2. The van der Waals surface area contributed by atoms with Crippen molar-refractivity contribution < 1.29 is 14.3 Å². The molecule has 2 saturated heterocycles. The molecule has 0 saturated carbocycles. The third-order valence-electron chi connectivity index (χ3n) is 4.74. The van der Waals surface area contributed by atoms with E-state index in [0.717, 1.165) is 18.4 Å². The molecule has 2 aliphatic heterocycles. The van der Waals surface area contributed by atoms with Gasteiger partial charge in [-0.15, -0.1) is 0 Å². The van der Waals surface area contributed by atoms with E-state index < -0.39 is 5.54 Å². The van der Waals surface area contributed by atoms with E-state index >= 15 is 0 Å². The first-order valence-electron chi connectivity index (χ1n) is 7.25. The number of hydrogen-bond donors (Lipinski definition) is 0. The average molecular weight is 285 g/mol. The summed E-state index contributed by atoms with van der Waals surface area (Å²) >= 11 is 0. The lowest BCUT2D eigenvalue weighted by Crippen LogP contribution is -2.58. The fraction of sp³-hybridized carbons (Fsp3) is 0.412. The number of methoxy groups -OCH3 is 1. The Balaban J connectivity index is 2.03. The number of amides is 1. The Morgan fingerprint density at radius 3 is 2.67 bits per heavy atom. The molecule has 110 valence electrons. The first-order chi connectivity index (χ1) is 10.1. The van der Waals surface area contributed by atoms with E-state index in [2.05, 4.69) is 6.58 Å². The van der Waals surface area contributed by atoms with Crippen molar-refractivity contribution in [2.45, 2.75) is 37.3 Å². The Morgan fingerprint density at radius 1 is 1.29 bits per heavy atom. The molecule has 2 aliphatic rings. The van der Waals surface area contributed by atoms with Gasteiger partial charge in [-0.2, -0.15) is 0 Å². The summed E-state index contributed by atoms with van der Waals surface area (Å²) in [7, 11) is 1.39. The van der Waals surface area contributed by atoms with Gasteiger partial charge in [0.1, 0.15) is 5.54 Å². The number of ether oxygens (including phenoxy) is 1. The highest BCUT2D eigenvalue weighted by molar-refractivity contribution is 5.99. The van der Waals surface area contributed by atoms with Crippen LogP contribution >= 0.6 is 0 Å². The van der Waals surface area contributed by atoms with Crippen LogP contribution < -0.4 is 0 Å². The lowest BCUT2D eigenvalue weighted by molar-refractivity contribution is -0.153. The zero-order valence-corrected chi connectivity index (χ0v) is 12.2. The van der Waals surface area contributed by atoms with E-state index in [9.17, 15) is 9.59 Å². The van der Waals surface area contributed by atoms with Crippen LogP contribution in [-0.2, 0) is 9.53 Å². The van der Waals surface area contributed by atoms with Crippen molar-refractivity contribution in [3.05, 3.63) is 48.0 Å². The van der Waals surface area contributed by atoms with Gasteiger partial charge in [-0.1, -0.05) is 30.4 Å². The summed E-state index contributed by atoms with van der Waals surface area (Å²) < 4.78 is 5.00. The summed E-state index contributed by atoms with van der Waals surface area (Å²) in [6, 6.07) is 9.05. The molecule has 1 aromatic rings. The standard InChI is InChI=1S/C17H19NO3/c1-12-8-10-17(16(20)21-2)11-9-14(12)18(17)15(19)13-6-4-3-5-7-13/h3-7,14H,1,8-11H2,2H3/t14-,17-/m1/s1. The number of hydrogen-bond acceptors (Lipinski definition) is 3. The predicted octanol–water partition coefficient (Wildman–Crippen LogP) is 2.55. The quantitative estimate of drug-likeness (QED) is 0.619. The summed E-state index contributed by atoms with van der Waals surface area (Å²) in [6.45, 7) is 4.09. The van der Waals surface area contributed by atoms with Gasteiger partial charge in [0, 0.05) is 5.56 Å². The molecule has 0 aromatic heterocycles. The number of esters is 1. The number of piperidine rings is 1. The minimum absolute atomic E-state index is 0.0504. The van der Waals surface area contributed by atoms with Crippen molar-refractivity contribution in [3.8, 4) is 0 Å². The SMILES string of the molecule is C=C1CC[C@]2(C(=O)OC)CC[C@H]1N2C(=O)c1ccccc1. The topological polar surface area (TPSA) is 46.6 Å². The fourth-order valence-electron chi connectivity index (χ4n) is 3.64. The van der Waals surface area contributed by atoms with Gasteiger partial charge in [0.25, 0.3) is 5.91 Å². The lowest BCUT2D eigenvalue weighted by atomic mass is 9.86. The van der Waals surface area contributed by atoms with Gasteiger partial charge in [-0.3, -0.25) is 4.79 Å². The van der Waals surface area contributed by atoms with E-state index in [4.69, 9.17) is 4.74 Å². The normalized spacial score (nSPS) is 27.6. The predicted molar refractivity (Wildman–Crippen MR) is 78.8 cm³/mol. The van der Waals surface area contributed by atoms with Crippen LogP contribution in [0.2, 0.25) is 0 Å². The molecule has 0 spiro atoms. The van der Waals surface area contributed by atoms with Crippen LogP contribution in [0.3, 0.4) is 0 Å². The van der Waals surface area contributed by atoms with Crippen LogP contribution in [0.25, 0.3) is 0 Å². The Morgan fingerprint density at radius 2 is 2.00 bits per heavy atom. The molecule has 21 heavy (non-hydrogen) atoms. The number of benzene rings is 1. The Kier molecular flexibility index (Phi) is 3.32. The molecule has 2 bridgehead atoms. The molecule has 0 N–H and O–H groups in total. The van der Waals surface area contributed by atoms with Crippen LogP contribution in [0.4, 0.5) is 0 Å². The second-order valence-electron chi connectivity index (χ2n) is 5.78. The molecule has 0 aliphatic carbocycles. The summed E-state index contributed by atoms with van der Waals surface area (Å²) in [4.78, 5) is 27.0.